The first kappa shape index (κ1) is 29.3. The molecule has 0 radical (unpaired) electrons. The molecule has 4 unspecified atom stereocenters. The van der Waals surface area contributed by atoms with Crippen LogP contribution in [0.1, 0.15) is 44.4 Å². The first-order valence-corrected chi connectivity index (χ1v) is 13.6. The summed E-state index contributed by atoms with van der Waals surface area (Å²) in [6.07, 6.45) is 1.72. The summed E-state index contributed by atoms with van der Waals surface area (Å²) in [5, 5.41) is 0. The van der Waals surface area contributed by atoms with Crippen molar-refractivity contribution in [3.05, 3.63) is 132 Å². The SMILES string of the molecule is CC1(OC(=O)c2ccccc2)C(OC(=O)c2ccccc2)C(COC(=O)c2ccccc2)OC1N1C=CCC(C(N)=O)=C1. The fourth-order valence-electron chi connectivity index (χ4n) is 4.97. The highest BCUT2D eigenvalue weighted by atomic mass is 16.7. The average molecular weight is 583 g/mol. The van der Waals surface area contributed by atoms with Crippen molar-refractivity contribution >= 4 is 23.8 Å². The summed E-state index contributed by atoms with van der Waals surface area (Å²) < 4.78 is 24.1. The maximum absolute atomic E-state index is 13.4. The second kappa shape index (κ2) is 12.7. The Morgan fingerprint density at radius 3 is 1.93 bits per heavy atom. The van der Waals surface area contributed by atoms with Gasteiger partial charge in [-0.05, 0) is 49.7 Å². The molecule has 2 aliphatic rings. The molecule has 0 bridgehead atoms. The van der Waals surface area contributed by atoms with E-state index in [9.17, 15) is 19.2 Å². The van der Waals surface area contributed by atoms with Crippen LogP contribution < -0.4 is 5.73 Å². The molecule has 10 nitrogen and oxygen atoms in total. The zero-order chi connectivity index (χ0) is 30.4. The van der Waals surface area contributed by atoms with Gasteiger partial charge in [0.1, 0.15) is 12.7 Å². The summed E-state index contributed by atoms with van der Waals surface area (Å²) in [5.41, 5.74) is 5.02. The third kappa shape index (κ3) is 6.49. The summed E-state index contributed by atoms with van der Waals surface area (Å²) >= 11 is 0. The highest BCUT2D eigenvalue weighted by Crippen LogP contribution is 2.41. The topological polar surface area (TPSA) is 134 Å². The third-order valence-electron chi connectivity index (χ3n) is 7.16. The number of benzene rings is 3. The maximum Gasteiger partial charge on any atom is 0.338 e. The molecule has 5 rings (SSSR count). The quantitative estimate of drug-likeness (QED) is 0.293. The van der Waals surface area contributed by atoms with Gasteiger partial charge in [-0.2, -0.15) is 0 Å². The second-order valence-electron chi connectivity index (χ2n) is 10.2. The molecule has 0 aliphatic carbocycles. The first-order valence-electron chi connectivity index (χ1n) is 13.6. The molecule has 3 aromatic rings. The van der Waals surface area contributed by atoms with Crippen LogP contribution in [-0.2, 0) is 23.7 Å². The van der Waals surface area contributed by atoms with Gasteiger partial charge in [0.05, 0.1) is 16.7 Å². The summed E-state index contributed by atoms with van der Waals surface area (Å²) in [5.74, 6) is -2.63. The average Bonchev–Trinajstić information content (AvgIpc) is 3.31. The van der Waals surface area contributed by atoms with E-state index in [1.165, 1.54) is 11.1 Å². The molecule has 0 aromatic heterocycles. The number of esters is 3. The van der Waals surface area contributed by atoms with Crippen LogP contribution in [0, 0.1) is 0 Å². The Morgan fingerprint density at radius 2 is 1.37 bits per heavy atom. The molecule has 4 atom stereocenters. The van der Waals surface area contributed by atoms with Crippen LogP contribution in [0.25, 0.3) is 0 Å². The standard InChI is InChI=1S/C33H30N2O8/c1-33(43-31(39)24-16-9-4-10-17-24)27(42-30(38)23-14-7-3-8-15-23)26(21-40-29(37)22-12-5-2-6-13-22)41-32(33)35-19-11-18-25(20-35)28(34)36/h2-17,19-20,26-27,32H,18,21H2,1H3,(H2,34,36). The highest BCUT2D eigenvalue weighted by molar-refractivity contribution is 5.92. The van der Waals surface area contributed by atoms with Gasteiger partial charge < -0.3 is 29.6 Å². The number of carbonyl (C=O) groups is 4. The number of allylic oxidation sites excluding steroid dienone is 1. The number of nitrogens with two attached hydrogens (primary N) is 1. The van der Waals surface area contributed by atoms with Crippen LogP contribution >= 0.6 is 0 Å². The summed E-state index contributed by atoms with van der Waals surface area (Å²) in [6.45, 7) is 1.24. The van der Waals surface area contributed by atoms with E-state index in [1.807, 2.05) is 0 Å². The molecule has 1 amide bonds. The van der Waals surface area contributed by atoms with E-state index in [4.69, 9.17) is 24.7 Å². The van der Waals surface area contributed by atoms with E-state index in [0.717, 1.165) is 0 Å². The minimum Gasteiger partial charge on any atom is -0.459 e. The van der Waals surface area contributed by atoms with Gasteiger partial charge in [0.25, 0.3) is 0 Å². The molecule has 10 heteroatoms. The molecule has 2 heterocycles. The van der Waals surface area contributed by atoms with Gasteiger partial charge in [0.2, 0.25) is 5.91 Å². The van der Waals surface area contributed by atoms with Crippen LogP contribution in [0.3, 0.4) is 0 Å². The van der Waals surface area contributed by atoms with Crippen molar-refractivity contribution in [3.8, 4) is 0 Å². The van der Waals surface area contributed by atoms with Gasteiger partial charge in [-0.3, -0.25) is 4.79 Å². The lowest BCUT2D eigenvalue weighted by molar-refractivity contribution is -0.119. The van der Waals surface area contributed by atoms with Crippen molar-refractivity contribution in [1.29, 1.82) is 0 Å². The number of amides is 1. The van der Waals surface area contributed by atoms with Crippen LogP contribution in [0.15, 0.2) is 115 Å². The summed E-state index contributed by atoms with van der Waals surface area (Å²) in [6, 6.07) is 25.0. The Kier molecular flexibility index (Phi) is 8.68. The van der Waals surface area contributed by atoms with Gasteiger partial charge in [-0.1, -0.05) is 60.7 Å². The number of ether oxygens (including phenoxy) is 4. The van der Waals surface area contributed by atoms with E-state index in [-0.39, 0.29) is 17.7 Å². The van der Waals surface area contributed by atoms with Gasteiger partial charge in [0.15, 0.2) is 17.9 Å². The van der Waals surface area contributed by atoms with Crippen molar-refractivity contribution < 1.29 is 38.1 Å². The summed E-state index contributed by atoms with van der Waals surface area (Å²) in [4.78, 5) is 53.2. The van der Waals surface area contributed by atoms with E-state index >= 15 is 0 Å². The monoisotopic (exact) mass is 582 g/mol. The van der Waals surface area contributed by atoms with Crippen molar-refractivity contribution in [1.82, 2.24) is 4.90 Å². The highest BCUT2D eigenvalue weighted by Gasteiger charge is 2.61. The minimum atomic E-state index is -1.66. The predicted octanol–water partition coefficient (Wildman–Crippen LogP) is 4.00. The molecule has 0 saturated carbocycles. The molecule has 0 spiro atoms. The Bertz CT molecular complexity index is 1540. The van der Waals surface area contributed by atoms with Gasteiger partial charge in [-0.15, -0.1) is 0 Å². The molecule has 2 aliphatic heterocycles. The zero-order valence-corrected chi connectivity index (χ0v) is 23.3. The minimum absolute atomic E-state index is 0.261. The number of rotatable bonds is 9. The Labute approximate surface area is 248 Å². The van der Waals surface area contributed by atoms with Crippen LogP contribution in [0.2, 0.25) is 0 Å². The van der Waals surface area contributed by atoms with Crippen LogP contribution in [0.4, 0.5) is 0 Å². The number of nitrogens with zero attached hydrogens (tertiary/aromatic N) is 1. The maximum atomic E-state index is 13.4. The Balaban J connectivity index is 1.52. The largest absolute Gasteiger partial charge is 0.459 e. The number of hydrogen-bond acceptors (Lipinski definition) is 9. The molecule has 3 aromatic carbocycles. The van der Waals surface area contributed by atoms with E-state index in [2.05, 4.69) is 0 Å². The zero-order valence-electron chi connectivity index (χ0n) is 23.3. The van der Waals surface area contributed by atoms with Crippen molar-refractivity contribution in [2.75, 3.05) is 6.61 Å². The van der Waals surface area contributed by atoms with Crippen molar-refractivity contribution in [2.45, 2.75) is 37.4 Å². The number of primary amides is 1. The predicted molar refractivity (Wildman–Crippen MR) is 154 cm³/mol. The van der Waals surface area contributed by atoms with E-state index in [0.29, 0.717) is 17.6 Å². The van der Waals surface area contributed by atoms with E-state index in [1.54, 1.807) is 110 Å². The fraction of sp³-hybridized carbons (Fsp3) is 0.212. The van der Waals surface area contributed by atoms with Crippen LogP contribution in [0.5, 0.6) is 0 Å². The molecular weight excluding hydrogens is 552 g/mol. The first-order chi connectivity index (χ1) is 20.8. The molecule has 1 saturated heterocycles. The van der Waals surface area contributed by atoms with Crippen molar-refractivity contribution in [3.63, 3.8) is 0 Å². The Hall–Kier alpha value is -5.22. The molecule has 2 N–H and O–H groups in total. The second-order valence-corrected chi connectivity index (χ2v) is 10.2. The third-order valence-corrected chi connectivity index (χ3v) is 7.16. The Morgan fingerprint density at radius 1 is 0.837 bits per heavy atom. The lowest BCUT2D eigenvalue weighted by atomic mass is 9.94. The smallest absolute Gasteiger partial charge is 0.338 e. The molecular formula is C33H30N2O8. The van der Waals surface area contributed by atoms with Gasteiger partial charge in [-0.25, -0.2) is 14.4 Å². The van der Waals surface area contributed by atoms with Gasteiger partial charge in [0, 0.05) is 18.0 Å². The number of hydrogen-bond donors (Lipinski definition) is 1. The van der Waals surface area contributed by atoms with E-state index < -0.39 is 47.9 Å². The normalized spacial score (nSPS) is 22.8. The lowest BCUT2D eigenvalue weighted by Crippen LogP contribution is -2.55. The molecule has 1 fully saturated rings. The van der Waals surface area contributed by atoms with Crippen molar-refractivity contribution in [2.24, 2.45) is 5.73 Å². The fourth-order valence-corrected chi connectivity index (χ4v) is 4.97. The molecule has 43 heavy (non-hydrogen) atoms. The van der Waals surface area contributed by atoms with Gasteiger partial charge >= 0.3 is 17.9 Å². The lowest BCUT2D eigenvalue weighted by Gasteiger charge is -2.38. The van der Waals surface area contributed by atoms with Crippen LogP contribution in [-0.4, -0.2) is 59.4 Å². The number of carbonyl (C=O) groups excluding carboxylic acids is 4. The summed E-state index contributed by atoms with van der Waals surface area (Å²) in [7, 11) is 0. The molecule has 220 valence electrons.